The Morgan fingerprint density at radius 3 is 2.70 bits per heavy atom. The van der Waals surface area contributed by atoms with E-state index in [0.29, 0.717) is 43.7 Å². The molecule has 0 aliphatic carbocycles. The number of carbonyl (C=O) groups excluding carboxylic acids is 1. The fourth-order valence-corrected chi connectivity index (χ4v) is 4.57. The van der Waals surface area contributed by atoms with Crippen molar-refractivity contribution in [1.29, 1.82) is 5.26 Å². The molecule has 2 aromatic carbocycles. The van der Waals surface area contributed by atoms with E-state index < -0.39 is 5.91 Å². The van der Waals surface area contributed by atoms with Crippen molar-refractivity contribution >= 4 is 63.3 Å². The molecule has 164 valence electrons. The van der Waals surface area contributed by atoms with Crippen molar-refractivity contribution in [2.24, 2.45) is 0 Å². The van der Waals surface area contributed by atoms with Gasteiger partial charge in [0.25, 0.3) is 5.91 Å². The van der Waals surface area contributed by atoms with E-state index in [0.717, 1.165) is 10.4 Å². The van der Waals surface area contributed by atoms with Crippen LogP contribution in [0.2, 0.25) is 15.1 Å². The average Bonchev–Trinajstić information content (AvgIpc) is 3.41. The molecule has 0 fully saturated rings. The lowest BCUT2D eigenvalue weighted by Crippen LogP contribution is -2.13. The summed E-state index contributed by atoms with van der Waals surface area (Å²) < 4.78 is 5.74. The van der Waals surface area contributed by atoms with E-state index in [9.17, 15) is 10.1 Å². The van der Waals surface area contributed by atoms with Crippen molar-refractivity contribution in [1.82, 2.24) is 4.98 Å². The van der Waals surface area contributed by atoms with Crippen LogP contribution in [0.15, 0.2) is 70.8 Å². The van der Waals surface area contributed by atoms with Crippen molar-refractivity contribution in [3.8, 4) is 17.4 Å². The van der Waals surface area contributed by atoms with Crippen LogP contribution in [0, 0.1) is 11.3 Å². The van der Waals surface area contributed by atoms with Crippen LogP contribution < -0.4 is 5.32 Å². The molecule has 33 heavy (non-hydrogen) atoms. The molecule has 0 unspecified atom stereocenters. The zero-order valence-corrected chi connectivity index (χ0v) is 19.9. The van der Waals surface area contributed by atoms with Gasteiger partial charge in [0.05, 0.1) is 5.02 Å². The maximum absolute atomic E-state index is 12.6. The van der Waals surface area contributed by atoms with Crippen LogP contribution in [0.1, 0.15) is 16.2 Å². The van der Waals surface area contributed by atoms with E-state index in [-0.39, 0.29) is 5.57 Å². The number of amides is 1. The molecule has 0 saturated heterocycles. The van der Waals surface area contributed by atoms with Gasteiger partial charge in [0, 0.05) is 39.2 Å². The Kier molecular flexibility index (Phi) is 7.17. The summed E-state index contributed by atoms with van der Waals surface area (Å²) in [5.74, 6) is 0.248. The summed E-state index contributed by atoms with van der Waals surface area (Å²) in [6.45, 7) is 0. The van der Waals surface area contributed by atoms with Gasteiger partial charge in [-0.1, -0.05) is 46.9 Å². The predicted octanol–water partition coefficient (Wildman–Crippen LogP) is 7.50. The summed E-state index contributed by atoms with van der Waals surface area (Å²) in [4.78, 5) is 17.8. The Hall–Kier alpha value is -3.08. The SMILES string of the molecule is N#C/C(=C\c1ccc(-c2ccc(Cl)cc2Cl)o1)C(=O)Nc1ncc(Cc2cccc(Cl)c2)s1. The van der Waals surface area contributed by atoms with Gasteiger partial charge in [0.15, 0.2) is 5.13 Å². The van der Waals surface area contributed by atoms with E-state index >= 15 is 0 Å². The number of aromatic nitrogens is 1. The van der Waals surface area contributed by atoms with Crippen LogP contribution in [0.5, 0.6) is 0 Å². The molecular formula is C24H14Cl3N3O2S. The van der Waals surface area contributed by atoms with Gasteiger partial charge in [-0.2, -0.15) is 5.26 Å². The molecule has 0 radical (unpaired) electrons. The van der Waals surface area contributed by atoms with Gasteiger partial charge in [-0.15, -0.1) is 11.3 Å². The van der Waals surface area contributed by atoms with Gasteiger partial charge in [0.1, 0.15) is 23.2 Å². The molecule has 2 aromatic heterocycles. The second kappa shape index (κ2) is 10.2. The number of furan rings is 1. The number of nitriles is 1. The van der Waals surface area contributed by atoms with Crippen molar-refractivity contribution in [2.45, 2.75) is 6.42 Å². The van der Waals surface area contributed by atoms with E-state index in [1.165, 1.54) is 17.4 Å². The number of halogens is 3. The molecule has 4 aromatic rings. The highest BCUT2D eigenvalue weighted by atomic mass is 35.5. The molecule has 1 N–H and O–H groups in total. The number of hydrogen-bond acceptors (Lipinski definition) is 5. The van der Waals surface area contributed by atoms with E-state index in [1.54, 1.807) is 36.5 Å². The normalized spacial score (nSPS) is 11.3. The summed E-state index contributed by atoms with van der Waals surface area (Å²) in [5, 5.41) is 14.1. The molecule has 0 atom stereocenters. The Bertz CT molecular complexity index is 1400. The van der Waals surface area contributed by atoms with Crippen molar-refractivity contribution in [3.63, 3.8) is 0 Å². The molecule has 2 heterocycles. The molecule has 0 aliphatic heterocycles. The third-order valence-electron chi connectivity index (χ3n) is 4.52. The Balaban J connectivity index is 1.46. The molecule has 0 bridgehead atoms. The molecule has 4 rings (SSSR count). The van der Waals surface area contributed by atoms with Crippen LogP contribution in [0.4, 0.5) is 5.13 Å². The summed E-state index contributed by atoms with van der Waals surface area (Å²) in [6.07, 6.45) is 3.69. The zero-order valence-electron chi connectivity index (χ0n) is 16.8. The standard InChI is InChI=1S/C24H14Cl3N3O2S/c25-16-3-1-2-14(8-16)9-19-13-29-24(33-19)30-23(31)15(12-28)10-18-5-7-22(32-18)20-6-4-17(26)11-21(20)27/h1-8,10-11,13H,9H2,(H,29,30,31)/b15-10+. The molecule has 0 aliphatic rings. The number of anilines is 1. The van der Waals surface area contributed by atoms with Gasteiger partial charge in [-0.25, -0.2) is 4.98 Å². The first-order chi connectivity index (χ1) is 15.9. The lowest BCUT2D eigenvalue weighted by molar-refractivity contribution is -0.112. The van der Waals surface area contributed by atoms with E-state index in [1.807, 2.05) is 30.3 Å². The van der Waals surface area contributed by atoms with Crippen LogP contribution >= 0.6 is 46.1 Å². The first-order valence-corrected chi connectivity index (χ1v) is 11.5. The van der Waals surface area contributed by atoms with E-state index in [4.69, 9.17) is 39.2 Å². The minimum atomic E-state index is -0.580. The number of rotatable bonds is 6. The highest BCUT2D eigenvalue weighted by Gasteiger charge is 2.14. The minimum absolute atomic E-state index is 0.121. The topological polar surface area (TPSA) is 78.9 Å². The minimum Gasteiger partial charge on any atom is -0.457 e. The van der Waals surface area contributed by atoms with Crippen LogP contribution in [-0.4, -0.2) is 10.9 Å². The van der Waals surface area contributed by atoms with Gasteiger partial charge < -0.3 is 4.42 Å². The van der Waals surface area contributed by atoms with Crippen molar-refractivity contribution < 1.29 is 9.21 Å². The average molecular weight is 515 g/mol. The fraction of sp³-hybridized carbons (Fsp3) is 0.0417. The fourth-order valence-electron chi connectivity index (χ4n) is 3.01. The number of hydrogen-bond donors (Lipinski definition) is 1. The number of thiazole rings is 1. The van der Waals surface area contributed by atoms with Crippen LogP contribution in [-0.2, 0) is 11.2 Å². The van der Waals surface area contributed by atoms with Gasteiger partial charge in [-0.3, -0.25) is 10.1 Å². The number of benzene rings is 2. The molecule has 0 saturated carbocycles. The maximum Gasteiger partial charge on any atom is 0.268 e. The number of nitrogens with one attached hydrogen (secondary N) is 1. The highest BCUT2D eigenvalue weighted by Crippen LogP contribution is 2.32. The third-order valence-corrected chi connectivity index (χ3v) is 6.21. The summed E-state index contributed by atoms with van der Waals surface area (Å²) >= 11 is 19.5. The third kappa shape index (κ3) is 5.84. The summed E-state index contributed by atoms with van der Waals surface area (Å²) in [6, 6.07) is 17.8. The maximum atomic E-state index is 12.6. The Morgan fingerprint density at radius 2 is 1.94 bits per heavy atom. The first-order valence-electron chi connectivity index (χ1n) is 9.59. The Morgan fingerprint density at radius 1 is 1.12 bits per heavy atom. The second-order valence-corrected chi connectivity index (χ2v) is 9.28. The largest absolute Gasteiger partial charge is 0.457 e. The lowest BCUT2D eigenvalue weighted by Gasteiger charge is -2.01. The monoisotopic (exact) mass is 513 g/mol. The van der Waals surface area contributed by atoms with Crippen molar-refractivity contribution in [2.75, 3.05) is 5.32 Å². The summed E-state index contributed by atoms with van der Waals surface area (Å²) in [5.41, 5.74) is 1.57. The zero-order chi connectivity index (χ0) is 23.4. The number of carbonyl (C=O) groups is 1. The van der Waals surface area contributed by atoms with Gasteiger partial charge in [-0.05, 0) is 48.0 Å². The number of nitrogens with zero attached hydrogens (tertiary/aromatic N) is 2. The highest BCUT2D eigenvalue weighted by molar-refractivity contribution is 7.15. The predicted molar refractivity (Wildman–Crippen MR) is 133 cm³/mol. The molecular weight excluding hydrogens is 501 g/mol. The van der Waals surface area contributed by atoms with Crippen LogP contribution in [0.3, 0.4) is 0 Å². The van der Waals surface area contributed by atoms with Gasteiger partial charge >= 0.3 is 0 Å². The van der Waals surface area contributed by atoms with E-state index in [2.05, 4.69) is 10.3 Å². The lowest BCUT2D eigenvalue weighted by atomic mass is 10.1. The summed E-state index contributed by atoms with van der Waals surface area (Å²) in [7, 11) is 0. The van der Waals surface area contributed by atoms with Gasteiger partial charge in [0.2, 0.25) is 0 Å². The molecule has 1 amide bonds. The Labute approximate surface area is 208 Å². The molecule has 5 nitrogen and oxygen atoms in total. The van der Waals surface area contributed by atoms with Crippen LogP contribution in [0.25, 0.3) is 17.4 Å². The molecule has 0 spiro atoms. The van der Waals surface area contributed by atoms with Crippen molar-refractivity contribution in [3.05, 3.63) is 97.6 Å². The smallest absolute Gasteiger partial charge is 0.268 e. The quantitative estimate of drug-likeness (QED) is 0.213. The molecule has 9 heteroatoms. The second-order valence-electron chi connectivity index (χ2n) is 6.89. The first kappa shape index (κ1) is 23.1.